The molecule has 0 aromatic heterocycles. The molecule has 1 N–H and O–H groups in total. The van der Waals surface area contributed by atoms with Crippen molar-refractivity contribution in [1.29, 1.82) is 0 Å². The van der Waals surface area contributed by atoms with Crippen LogP contribution in [0.5, 0.6) is 0 Å². The molecule has 5 heteroatoms. The maximum Gasteiger partial charge on any atom is 0.340 e. The lowest BCUT2D eigenvalue weighted by Crippen LogP contribution is -2.07. The summed E-state index contributed by atoms with van der Waals surface area (Å²) in [6, 6.07) is 12.2. The Balaban J connectivity index is 2.31. The van der Waals surface area contributed by atoms with Crippen molar-refractivity contribution in [1.82, 2.24) is 0 Å². The van der Waals surface area contributed by atoms with E-state index in [2.05, 4.69) is 5.32 Å². The Hall–Kier alpha value is -1.71. The molecule has 104 valence electrons. The van der Waals surface area contributed by atoms with Crippen LogP contribution in [-0.2, 0) is 4.74 Å². The Labute approximate surface area is 127 Å². The molecule has 0 atom stereocenters. The van der Waals surface area contributed by atoms with E-state index in [1.165, 1.54) is 0 Å². The number of benzene rings is 2. The average Bonchev–Trinajstić information content (AvgIpc) is 2.38. The summed E-state index contributed by atoms with van der Waals surface area (Å²) in [5.41, 5.74) is 1.81. The van der Waals surface area contributed by atoms with E-state index < -0.39 is 0 Å². The molecule has 0 aliphatic heterocycles. The fraction of sp³-hybridized carbons (Fsp3) is 0.133. The number of halogens is 2. The van der Waals surface area contributed by atoms with Gasteiger partial charge < -0.3 is 10.1 Å². The van der Waals surface area contributed by atoms with E-state index in [1.54, 1.807) is 43.3 Å². The fourth-order valence-corrected chi connectivity index (χ4v) is 2.29. The number of anilines is 2. The molecule has 0 saturated heterocycles. The summed E-state index contributed by atoms with van der Waals surface area (Å²) in [6.07, 6.45) is 0. The van der Waals surface area contributed by atoms with E-state index in [0.717, 1.165) is 0 Å². The number of ether oxygens (including phenoxy) is 1. The number of para-hydroxylation sites is 1. The molecule has 0 heterocycles. The maximum absolute atomic E-state index is 11.9. The Morgan fingerprint density at radius 2 is 1.80 bits per heavy atom. The van der Waals surface area contributed by atoms with E-state index in [9.17, 15) is 4.79 Å². The first-order valence-corrected chi connectivity index (χ1v) is 6.85. The van der Waals surface area contributed by atoms with Gasteiger partial charge in [-0.15, -0.1) is 0 Å². The van der Waals surface area contributed by atoms with Gasteiger partial charge in [-0.05, 0) is 37.3 Å². The molecule has 0 radical (unpaired) electrons. The van der Waals surface area contributed by atoms with Gasteiger partial charge in [-0.3, -0.25) is 0 Å². The lowest BCUT2D eigenvalue weighted by Gasteiger charge is -2.11. The van der Waals surface area contributed by atoms with Crippen molar-refractivity contribution in [2.45, 2.75) is 6.92 Å². The molecule has 2 aromatic carbocycles. The van der Waals surface area contributed by atoms with Crippen molar-refractivity contribution in [3.63, 3.8) is 0 Å². The van der Waals surface area contributed by atoms with Crippen molar-refractivity contribution in [2.75, 3.05) is 11.9 Å². The molecule has 0 aliphatic rings. The Bertz CT molecular complexity index is 609. The smallest absolute Gasteiger partial charge is 0.340 e. The molecular formula is C15H13Cl2NO2. The van der Waals surface area contributed by atoms with Crippen LogP contribution in [-0.4, -0.2) is 12.6 Å². The van der Waals surface area contributed by atoms with Gasteiger partial charge in [0.1, 0.15) is 0 Å². The third kappa shape index (κ3) is 3.65. The van der Waals surface area contributed by atoms with E-state index in [-0.39, 0.29) is 5.97 Å². The number of rotatable bonds is 4. The van der Waals surface area contributed by atoms with Crippen LogP contribution in [0.25, 0.3) is 0 Å². The van der Waals surface area contributed by atoms with Gasteiger partial charge in [0, 0.05) is 15.7 Å². The second kappa shape index (κ2) is 6.64. The van der Waals surface area contributed by atoms with Crippen molar-refractivity contribution in [2.24, 2.45) is 0 Å². The quantitative estimate of drug-likeness (QED) is 0.815. The number of nitrogens with one attached hydrogen (secondary N) is 1. The predicted octanol–water partition coefficient (Wildman–Crippen LogP) is 4.91. The summed E-state index contributed by atoms with van der Waals surface area (Å²) in [7, 11) is 0. The van der Waals surface area contributed by atoms with Crippen molar-refractivity contribution < 1.29 is 9.53 Å². The SMILES string of the molecule is CCOC(=O)c1ccccc1Nc1cc(Cl)cc(Cl)c1. The van der Waals surface area contributed by atoms with Crippen LogP contribution in [0.4, 0.5) is 11.4 Å². The van der Waals surface area contributed by atoms with E-state index in [0.29, 0.717) is 33.6 Å². The zero-order chi connectivity index (χ0) is 14.5. The number of carbonyl (C=O) groups excluding carboxylic acids is 1. The highest BCUT2D eigenvalue weighted by Gasteiger charge is 2.12. The van der Waals surface area contributed by atoms with Crippen LogP contribution in [0.2, 0.25) is 10.0 Å². The minimum atomic E-state index is -0.372. The molecule has 0 spiro atoms. The van der Waals surface area contributed by atoms with Gasteiger partial charge in [-0.2, -0.15) is 0 Å². The number of carbonyl (C=O) groups is 1. The highest BCUT2D eigenvalue weighted by Crippen LogP contribution is 2.27. The first-order chi connectivity index (χ1) is 9.60. The van der Waals surface area contributed by atoms with Gasteiger partial charge in [0.25, 0.3) is 0 Å². The number of hydrogen-bond acceptors (Lipinski definition) is 3. The van der Waals surface area contributed by atoms with Crippen LogP contribution in [0, 0.1) is 0 Å². The second-order valence-corrected chi connectivity index (χ2v) is 4.92. The lowest BCUT2D eigenvalue weighted by molar-refractivity contribution is 0.0527. The second-order valence-electron chi connectivity index (χ2n) is 4.05. The molecule has 3 nitrogen and oxygen atoms in total. The molecule has 2 rings (SSSR count). The van der Waals surface area contributed by atoms with Crippen molar-refractivity contribution in [3.8, 4) is 0 Å². The van der Waals surface area contributed by atoms with Gasteiger partial charge in [-0.25, -0.2) is 4.79 Å². The number of hydrogen-bond donors (Lipinski definition) is 1. The molecule has 0 bridgehead atoms. The molecule has 0 amide bonds. The summed E-state index contributed by atoms with van der Waals surface area (Å²) in [5.74, 6) is -0.372. The Morgan fingerprint density at radius 3 is 2.45 bits per heavy atom. The first-order valence-electron chi connectivity index (χ1n) is 6.09. The summed E-state index contributed by atoms with van der Waals surface area (Å²) < 4.78 is 5.02. The summed E-state index contributed by atoms with van der Waals surface area (Å²) >= 11 is 11.9. The maximum atomic E-state index is 11.9. The zero-order valence-corrected chi connectivity index (χ0v) is 12.3. The standard InChI is InChI=1S/C15H13Cl2NO2/c1-2-20-15(19)13-5-3-4-6-14(13)18-12-8-10(16)7-11(17)9-12/h3-9,18H,2H2,1H3. The monoisotopic (exact) mass is 309 g/mol. The first kappa shape index (κ1) is 14.7. The van der Waals surface area contributed by atoms with Crippen LogP contribution in [0.15, 0.2) is 42.5 Å². The van der Waals surface area contributed by atoms with Gasteiger partial charge in [0.2, 0.25) is 0 Å². The van der Waals surface area contributed by atoms with E-state index in [1.807, 2.05) is 6.07 Å². The van der Waals surface area contributed by atoms with Gasteiger partial charge in [0.15, 0.2) is 0 Å². The highest BCUT2D eigenvalue weighted by atomic mass is 35.5. The fourth-order valence-electron chi connectivity index (χ4n) is 1.76. The average molecular weight is 310 g/mol. The van der Waals surface area contributed by atoms with Crippen LogP contribution < -0.4 is 5.32 Å². The summed E-state index contributed by atoms with van der Waals surface area (Å²) in [6.45, 7) is 2.10. The van der Waals surface area contributed by atoms with Gasteiger partial charge in [0.05, 0.1) is 17.9 Å². The zero-order valence-electron chi connectivity index (χ0n) is 10.8. The Morgan fingerprint density at radius 1 is 1.15 bits per heavy atom. The van der Waals surface area contributed by atoms with Crippen LogP contribution in [0.3, 0.4) is 0 Å². The van der Waals surface area contributed by atoms with E-state index in [4.69, 9.17) is 27.9 Å². The van der Waals surface area contributed by atoms with E-state index >= 15 is 0 Å². The number of esters is 1. The molecule has 0 unspecified atom stereocenters. The highest BCUT2D eigenvalue weighted by molar-refractivity contribution is 6.35. The molecule has 0 aliphatic carbocycles. The lowest BCUT2D eigenvalue weighted by atomic mass is 10.1. The minimum Gasteiger partial charge on any atom is -0.462 e. The Kier molecular flexibility index (Phi) is 4.88. The van der Waals surface area contributed by atoms with Crippen molar-refractivity contribution >= 4 is 40.5 Å². The van der Waals surface area contributed by atoms with Crippen molar-refractivity contribution in [3.05, 3.63) is 58.1 Å². The topological polar surface area (TPSA) is 38.3 Å². The van der Waals surface area contributed by atoms with Crippen LogP contribution >= 0.6 is 23.2 Å². The molecular weight excluding hydrogens is 297 g/mol. The predicted molar refractivity (Wildman–Crippen MR) is 82.1 cm³/mol. The largest absolute Gasteiger partial charge is 0.462 e. The molecule has 2 aromatic rings. The molecule has 20 heavy (non-hydrogen) atoms. The molecule has 0 saturated carbocycles. The minimum absolute atomic E-state index is 0.330. The third-order valence-corrected chi connectivity index (χ3v) is 3.00. The summed E-state index contributed by atoms with van der Waals surface area (Å²) in [5, 5.41) is 4.17. The molecule has 0 fully saturated rings. The summed E-state index contributed by atoms with van der Waals surface area (Å²) in [4.78, 5) is 11.9. The van der Waals surface area contributed by atoms with Gasteiger partial charge in [-0.1, -0.05) is 35.3 Å². The van der Waals surface area contributed by atoms with Gasteiger partial charge >= 0.3 is 5.97 Å². The normalized spacial score (nSPS) is 10.2. The van der Waals surface area contributed by atoms with Crippen LogP contribution in [0.1, 0.15) is 17.3 Å². The third-order valence-electron chi connectivity index (χ3n) is 2.56.